The van der Waals surface area contributed by atoms with E-state index in [2.05, 4.69) is 9.38 Å². The fraction of sp³-hybridized carbons (Fsp3) is 0.111. The van der Waals surface area contributed by atoms with Gasteiger partial charge in [0.25, 0.3) is 0 Å². The van der Waals surface area contributed by atoms with Crippen molar-refractivity contribution in [1.29, 1.82) is 0 Å². The third-order valence-corrected chi connectivity index (χ3v) is 2.42. The second kappa shape index (κ2) is 3.62. The third kappa shape index (κ3) is 1.72. The Bertz CT molecular complexity index is 345. The lowest BCUT2D eigenvalue weighted by Crippen LogP contribution is -2.09. The van der Waals surface area contributed by atoms with E-state index in [1.165, 1.54) is 12.1 Å². The van der Waals surface area contributed by atoms with Crippen molar-refractivity contribution in [2.24, 2.45) is 4.40 Å². The smallest absolute Gasteiger partial charge is 0.0927 e. The number of aromatic nitrogens is 1. The maximum Gasteiger partial charge on any atom is 0.0927 e. The van der Waals surface area contributed by atoms with E-state index in [0.717, 1.165) is 11.3 Å². The molecule has 1 aliphatic heterocycles. The van der Waals surface area contributed by atoms with Crippen molar-refractivity contribution in [2.75, 3.05) is 7.05 Å². The van der Waals surface area contributed by atoms with Crippen LogP contribution in [0.5, 0.6) is 0 Å². The van der Waals surface area contributed by atoms with Crippen LogP contribution in [0.1, 0.15) is 5.56 Å². The highest BCUT2D eigenvalue weighted by molar-refractivity contribution is 7.96. The zero-order valence-corrected chi connectivity index (χ0v) is 8.03. The van der Waals surface area contributed by atoms with E-state index in [9.17, 15) is 0 Å². The fourth-order valence-corrected chi connectivity index (χ4v) is 1.65. The quantitative estimate of drug-likeness (QED) is 0.636. The summed E-state index contributed by atoms with van der Waals surface area (Å²) >= 11 is 1.43. The Labute approximate surface area is 81.5 Å². The van der Waals surface area contributed by atoms with Gasteiger partial charge in [-0.25, -0.2) is 4.40 Å². The third-order valence-electron chi connectivity index (χ3n) is 1.76. The van der Waals surface area contributed by atoms with Gasteiger partial charge in [0, 0.05) is 31.2 Å². The van der Waals surface area contributed by atoms with Gasteiger partial charge >= 0.3 is 0 Å². The highest BCUT2D eigenvalue weighted by Crippen LogP contribution is 2.26. The van der Waals surface area contributed by atoms with Crippen molar-refractivity contribution in [2.45, 2.75) is 0 Å². The molecule has 0 saturated heterocycles. The van der Waals surface area contributed by atoms with E-state index in [0.29, 0.717) is 0 Å². The van der Waals surface area contributed by atoms with Gasteiger partial charge in [0.15, 0.2) is 0 Å². The van der Waals surface area contributed by atoms with E-state index < -0.39 is 0 Å². The van der Waals surface area contributed by atoms with Gasteiger partial charge < -0.3 is 0 Å². The van der Waals surface area contributed by atoms with E-state index >= 15 is 0 Å². The number of nitrogens with zero attached hydrogens (tertiary/aromatic N) is 3. The van der Waals surface area contributed by atoms with Crippen LogP contribution >= 0.6 is 12.1 Å². The first-order valence-electron chi connectivity index (χ1n) is 3.93. The lowest BCUT2D eigenvalue weighted by atomic mass is 10.2. The van der Waals surface area contributed by atoms with E-state index in [1.54, 1.807) is 12.4 Å². The topological polar surface area (TPSA) is 28.5 Å². The van der Waals surface area contributed by atoms with E-state index in [4.69, 9.17) is 0 Å². The van der Waals surface area contributed by atoms with E-state index in [-0.39, 0.29) is 0 Å². The minimum Gasteiger partial charge on any atom is -0.300 e. The van der Waals surface area contributed by atoms with Crippen molar-refractivity contribution < 1.29 is 0 Å². The minimum atomic E-state index is 1.11. The first-order chi connectivity index (χ1) is 6.38. The van der Waals surface area contributed by atoms with Crippen LogP contribution in [0.3, 0.4) is 0 Å². The van der Waals surface area contributed by atoms with Crippen molar-refractivity contribution in [3.8, 4) is 0 Å². The van der Waals surface area contributed by atoms with Crippen LogP contribution in [0.2, 0.25) is 0 Å². The van der Waals surface area contributed by atoms with Crippen LogP contribution in [0.4, 0.5) is 0 Å². The average molecular weight is 191 g/mol. The number of hydrogen-bond donors (Lipinski definition) is 0. The molecule has 0 radical (unpaired) electrons. The molecule has 0 N–H and O–H groups in total. The molecule has 0 spiro atoms. The molecule has 0 aliphatic carbocycles. The highest BCUT2D eigenvalue weighted by Gasteiger charge is 2.09. The largest absolute Gasteiger partial charge is 0.300 e. The van der Waals surface area contributed by atoms with Crippen LogP contribution in [0.15, 0.2) is 35.0 Å². The lowest BCUT2D eigenvalue weighted by Gasteiger charge is -2.20. The second-order valence-corrected chi connectivity index (χ2v) is 3.55. The first-order valence-corrected chi connectivity index (χ1v) is 4.66. The fourth-order valence-electron chi connectivity index (χ4n) is 1.14. The molecular weight excluding hydrogens is 182 g/mol. The van der Waals surface area contributed by atoms with Gasteiger partial charge in [0.1, 0.15) is 0 Å². The van der Waals surface area contributed by atoms with Gasteiger partial charge in [-0.05, 0) is 18.2 Å². The molecule has 4 heteroatoms. The van der Waals surface area contributed by atoms with Gasteiger partial charge in [-0.1, -0.05) is 0 Å². The molecule has 0 fully saturated rings. The zero-order valence-electron chi connectivity index (χ0n) is 7.21. The Morgan fingerprint density at radius 1 is 1.46 bits per heavy atom. The van der Waals surface area contributed by atoms with Gasteiger partial charge in [0.05, 0.1) is 17.8 Å². The first kappa shape index (κ1) is 8.31. The van der Waals surface area contributed by atoms with Crippen LogP contribution in [-0.4, -0.2) is 22.6 Å². The summed E-state index contributed by atoms with van der Waals surface area (Å²) in [6.45, 7) is 0. The van der Waals surface area contributed by atoms with Crippen molar-refractivity contribution in [3.63, 3.8) is 0 Å². The summed E-state index contributed by atoms with van der Waals surface area (Å²) in [5, 5.41) is 0. The lowest BCUT2D eigenvalue weighted by molar-refractivity contribution is 0.804. The summed E-state index contributed by atoms with van der Waals surface area (Å²) in [5.41, 5.74) is 2.25. The zero-order chi connectivity index (χ0) is 9.10. The van der Waals surface area contributed by atoms with Crippen molar-refractivity contribution >= 4 is 24.0 Å². The standard InChI is InChI=1S/C9H9N3S/c1-12-9(4-6-11-13-12)8-3-2-5-10-7-8/h2-7H,1H3. The number of pyridine rings is 1. The van der Waals surface area contributed by atoms with Gasteiger partial charge in [-0.3, -0.25) is 9.29 Å². The molecule has 0 amide bonds. The minimum absolute atomic E-state index is 1.11. The maximum atomic E-state index is 4.07. The summed E-state index contributed by atoms with van der Waals surface area (Å²) in [6, 6.07) is 3.97. The van der Waals surface area contributed by atoms with Gasteiger partial charge in [-0.15, -0.1) is 0 Å². The number of hydrogen-bond acceptors (Lipinski definition) is 4. The monoisotopic (exact) mass is 191 g/mol. The average Bonchev–Trinajstić information content (AvgIpc) is 2.20. The molecule has 3 nitrogen and oxygen atoms in total. The van der Waals surface area contributed by atoms with Crippen LogP contribution in [0.25, 0.3) is 5.70 Å². The van der Waals surface area contributed by atoms with E-state index in [1.807, 2.05) is 35.8 Å². The number of allylic oxidation sites excluding steroid dienone is 1. The Hall–Kier alpha value is -1.29. The van der Waals surface area contributed by atoms with Crippen LogP contribution < -0.4 is 0 Å². The van der Waals surface area contributed by atoms with Crippen LogP contribution in [0, 0.1) is 0 Å². The molecule has 2 heterocycles. The Balaban J connectivity index is 2.35. The molecule has 0 atom stereocenters. The molecule has 66 valence electrons. The normalized spacial score (nSPS) is 15.8. The van der Waals surface area contributed by atoms with Crippen molar-refractivity contribution in [1.82, 2.24) is 9.29 Å². The molecule has 1 aromatic rings. The number of rotatable bonds is 1. The molecule has 2 rings (SSSR count). The van der Waals surface area contributed by atoms with Gasteiger partial charge in [-0.2, -0.15) is 0 Å². The molecular formula is C9H9N3S. The molecule has 1 aromatic heterocycles. The predicted octanol–water partition coefficient (Wildman–Crippen LogP) is 2.00. The Morgan fingerprint density at radius 2 is 2.38 bits per heavy atom. The molecule has 1 aliphatic rings. The molecule has 0 unspecified atom stereocenters. The maximum absolute atomic E-state index is 4.07. The summed E-state index contributed by atoms with van der Waals surface area (Å²) < 4.78 is 6.07. The molecule has 0 bridgehead atoms. The molecule has 0 saturated carbocycles. The summed E-state index contributed by atoms with van der Waals surface area (Å²) in [4.78, 5) is 4.07. The summed E-state index contributed by atoms with van der Waals surface area (Å²) in [7, 11) is 1.99. The highest BCUT2D eigenvalue weighted by atomic mass is 32.2. The summed E-state index contributed by atoms with van der Waals surface area (Å²) in [5.74, 6) is 0. The Kier molecular flexibility index (Phi) is 2.31. The predicted molar refractivity (Wildman–Crippen MR) is 56.1 cm³/mol. The summed E-state index contributed by atoms with van der Waals surface area (Å²) in [6.07, 6.45) is 7.40. The van der Waals surface area contributed by atoms with Crippen LogP contribution in [-0.2, 0) is 0 Å². The molecule has 0 aromatic carbocycles. The second-order valence-electron chi connectivity index (χ2n) is 2.63. The SMILES string of the molecule is CN1SN=CC=C1c1cccnc1. The van der Waals surface area contributed by atoms with Crippen molar-refractivity contribution in [3.05, 3.63) is 36.2 Å². The van der Waals surface area contributed by atoms with Gasteiger partial charge in [0.2, 0.25) is 0 Å². The molecule has 13 heavy (non-hydrogen) atoms. The Morgan fingerprint density at radius 3 is 3.08 bits per heavy atom.